The Balaban J connectivity index is 1.61. The molecule has 0 aliphatic heterocycles. The summed E-state index contributed by atoms with van der Waals surface area (Å²) in [4.78, 5) is 4.16. The molecule has 2 N–H and O–H groups in total. The van der Waals surface area contributed by atoms with Gasteiger partial charge in [-0.25, -0.2) is 14.1 Å². The van der Waals surface area contributed by atoms with E-state index in [1.807, 2.05) is 25.1 Å². The van der Waals surface area contributed by atoms with E-state index in [2.05, 4.69) is 20.7 Å². The maximum Gasteiger partial charge on any atom is 0.248 e. The van der Waals surface area contributed by atoms with E-state index < -0.39 is 0 Å². The molecular formula is C17H15ClFN5S. The van der Waals surface area contributed by atoms with E-state index in [0.717, 1.165) is 16.8 Å². The molecule has 3 aromatic rings. The fourth-order valence-corrected chi connectivity index (χ4v) is 2.58. The molecule has 2 aromatic carbocycles. The van der Waals surface area contributed by atoms with E-state index in [0.29, 0.717) is 22.6 Å². The average molecular weight is 376 g/mol. The lowest BCUT2D eigenvalue weighted by molar-refractivity contribution is 0.624. The van der Waals surface area contributed by atoms with Crippen molar-refractivity contribution >= 4 is 40.6 Å². The van der Waals surface area contributed by atoms with Crippen molar-refractivity contribution in [3.63, 3.8) is 0 Å². The Morgan fingerprint density at radius 1 is 1.20 bits per heavy atom. The van der Waals surface area contributed by atoms with Crippen molar-refractivity contribution < 1.29 is 4.39 Å². The second-order valence-electron chi connectivity index (χ2n) is 5.38. The number of nitrogens with one attached hydrogen (secondary N) is 2. The van der Waals surface area contributed by atoms with E-state index >= 15 is 0 Å². The Labute approximate surface area is 154 Å². The first-order valence-electron chi connectivity index (χ1n) is 7.48. The van der Waals surface area contributed by atoms with Crippen LogP contribution >= 0.6 is 23.8 Å². The van der Waals surface area contributed by atoms with Crippen LogP contribution in [0.15, 0.2) is 48.8 Å². The van der Waals surface area contributed by atoms with E-state index in [4.69, 9.17) is 23.8 Å². The quantitative estimate of drug-likeness (QED) is 0.668. The molecule has 25 heavy (non-hydrogen) atoms. The van der Waals surface area contributed by atoms with Crippen LogP contribution in [0.1, 0.15) is 11.1 Å². The van der Waals surface area contributed by atoms with Gasteiger partial charge in [-0.05, 0) is 54.5 Å². The van der Waals surface area contributed by atoms with Crippen LogP contribution in [0.2, 0.25) is 5.02 Å². The molecule has 0 unspecified atom stereocenters. The fraction of sp³-hybridized carbons (Fsp3) is 0.118. The Kier molecular flexibility index (Phi) is 5.25. The van der Waals surface area contributed by atoms with Crippen LogP contribution in [0, 0.1) is 12.7 Å². The number of thiocarbonyl (C=S) groups is 1. The highest BCUT2D eigenvalue weighted by Crippen LogP contribution is 2.23. The van der Waals surface area contributed by atoms with Crippen LogP contribution < -0.4 is 10.6 Å². The highest BCUT2D eigenvalue weighted by molar-refractivity contribution is 7.80. The summed E-state index contributed by atoms with van der Waals surface area (Å²) < 4.78 is 14.6. The van der Waals surface area contributed by atoms with E-state index in [1.54, 1.807) is 23.1 Å². The van der Waals surface area contributed by atoms with Gasteiger partial charge in [0.1, 0.15) is 12.1 Å². The fourth-order valence-electron chi connectivity index (χ4n) is 2.20. The first-order chi connectivity index (χ1) is 12.0. The molecule has 5 nitrogen and oxygen atoms in total. The summed E-state index contributed by atoms with van der Waals surface area (Å²) in [5, 5.41) is 11.3. The molecule has 0 bridgehead atoms. The number of halogens is 2. The van der Waals surface area contributed by atoms with Gasteiger partial charge in [0.2, 0.25) is 5.95 Å². The molecule has 0 saturated heterocycles. The van der Waals surface area contributed by atoms with Crippen LogP contribution in [0.5, 0.6) is 0 Å². The largest absolute Gasteiger partial charge is 0.332 e. The lowest BCUT2D eigenvalue weighted by Crippen LogP contribution is -2.20. The smallest absolute Gasteiger partial charge is 0.248 e. The third kappa shape index (κ3) is 4.52. The van der Waals surface area contributed by atoms with Gasteiger partial charge in [0.15, 0.2) is 5.11 Å². The average Bonchev–Trinajstić information content (AvgIpc) is 3.01. The summed E-state index contributed by atoms with van der Waals surface area (Å²) in [6.45, 7) is 2.39. The molecule has 0 fully saturated rings. The van der Waals surface area contributed by atoms with Gasteiger partial charge >= 0.3 is 0 Å². The molecular weight excluding hydrogens is 361 g/mol. The van der Waals surface area contributed by atoms with E-state index in [9.17, 15) is 4.39 Å². The lowest BCUT2D eigenvalue weighted by Gasteiger charge is -2.11. The van der Waals surface area contributed by atoms with Crippen LogP contribution in [0.3, 0.4) is 0 Å². The first kappa shape index (κ1) is 17.3. The minimum atomic E-state index is -0.266. The van der Waals surface area contributed by atoms with Crippen LogP contribution in [0.4, 0.5) is 16.0 Å². The standard InChI is InChI=1S/C17H15ClFN5S/c1-11-14(18)3-2-4-15(11)21-17(25)22-16-20-10-24(23-16)9-12-5-7-13(19)8-6-12/h2-8,10H,9H2,1H3,(H2,21,22,23,25). The third-order valence-electron chi connectivity index (χ3n) is 3.54. The van der Waals surface area contributed by atoms with Crippen molar-refractivity contribution in [3.05, 3.63) is 70.8 Å². The van der Waals surface area contributed by atoms with Gasteiger partial charge in [0.25, 0.3) is 0 Å². The number of hydrogen-bond acceptors (Lipinski definition) is 3. The summed E-state index contributed by atoms with van der Waals surface area (Å²) in [5.41, 5.74) is 2.65. The van der Waals surface area contributed by atoms with Gasteiger partial charge in [0.05, 0.1) is 6.54 Å². The SMILES string of the molecule is Cc1c(Cl)cccc1NC(=S)Nc1ncn(Cc2ccc(F)cc2)n1. The molecule has 1 aromatic heterocycles. The monoisotopic (exact) mass is 375 g/mol. The van der Waals surface area contributed by atoms with Crippen LogP contribution in [-0.4, -0.2) is 19.9 Å². The molecule has 0 spiro atoms. The van der Waals surface area contributed by atoms with Crippen molar-refractivity contribution in [2.45, 2.75) is 13.5 Å². The number of aromatic nitrogens is 3. The Hall–Kier alpha value is -2.51. The predicted molar refractivity (Wildman–Crippen MR) is 102 cm³/mol. The third-order valence-corrected chi connectivity index (χ3v) is 4.15. The number of benzene rings is 2. The summed E-state index contributed by atoms with van der Waals surface area (Å²) in [6, 6.07) is 11.8. The minimum absolute atomic E-state index is 0.266. The molecule has 0 aliphatic rings. The van der Waals surface area contributed by atoms with Crippen molar-refractivity contribution in [1.82, 2.24) is 14.8 Å². The Morgan fingerprint density at radius 2 is 1.96 bits per heavy atom. The minimum Gasteiger partial charge on any atom is -0.332 e. The van der Waals surface area contributed by atoms with Crippen molar-refractivity contribution in [3.8, 4) is 0 Å². The summed E-state index contributed by atoms with van der Waals surface area (Å²) >= 11 is 11.4. The van der Waals surface area contributed by atoms with Crippen molar-refractivity contribution in [2.75, 3.05) is 10.6 Å². The lowest BCUT2D eigenvalue weighted by atomic mass is 10.2. The Bertz CT molecular complexity index is 894. The van der Waals surface area contributed by atoms with Gasteiger partial charge in [-0.1, -0.05) is 29.8 Å². The van der Waals surface area contributed by atoms with Crippen molar-refractivity contribution in [1.29, 1.82) is 0 Å². The molecule has 0 saturated carbocycles. The number of anilines is 2. The van der Waals surface area contributed by atoms with Gasteiger partial charge < -0.3 is 5.32 Å². The van der Waals surface area contributed by atoms with Crippen LogP contribution in [0.25, 0.3) is 0 Å². The molecule has 3 rings (SSSR count). The first-order valence-corrected chi connectivity index (χ1v) is 8.27. The molecule has 128 valence electrons. The summed E-state index contributed by atoms with van der Waals surface area (Å²) in [6.07, 6.45) is 1.58. The molecule has 0 atom stereocenters. The molecule has 0 amide bonds. The highest BCUT2D eigenvalue weighted by atomic mass is 35.5. The summed E-state index contributed by atoms with van der Waals surface area (Å²) in [5.74, 6) is 0.108. The molecule has 1 heterocycles. The maximum absolute atomic E-state index is 12.9. The zero-order valence-corrected chi connectivity index (χ0v) is 14.9. The zero-order valence-electron chi connectivity index (χ0n) is 13.3. The van der Waals surface area contributed by atoms with Crippen LogP contribution in [-0.2, 0) is 6.54 Å². The number of hydrogen-bond donors (Lipinski definition) is 2. The zero-order chi connectivity index (χ0) is 17.8. The van der Waals surface area contributed by atoms with Crippen molar-refractivity contribution in [2.24, 2.45) is 0 Å². The van der Waals surface area contributed by atoms with E-state index in [1.165, 1.54) is 12.1 Å². The number of nitrogens with zero attached hydrogens (tertiary/aromatic N) is 3. The molecule has 0 radical (unpaired) electrons. The normalized spacial score (nSPS) is 10.5. The number of rotatable bonds is 4. The van der Waals surface area contributed by atoms with Gasteiger partial charge in [-0.2, -0.15) is 0 Å². The van der Waals surface area contributed by atoms with Gasteiger partial charge in [-0.15, -0.1) is 5.10 Å². The van der Waals surface area contributed by atoms with Gasteiger partial charge in [-0.3, -0.25) is 5.32 Å². The van der Waals surface area contributed by atoms with E-state index in [-0.39, 0.29) is 5.82 Å². The second-order valence-corrected chi connectivity index (χ2v) is 6.20. The second kappa shape index (κ2) is 7.58. The molecule has 8 heteroatoms. The predicted octanol–water partition coefficient (Wildman–Crippen LogP) is 4.24. The van der Waals surface area contributed by atoms with Gasteiger partial charge in [0, 0.05) is 10.7 Å². The Morgan fingerprint density at radius 3 is 2.72 bits per heavy atom. The summed E-state index contributed by atoms with van der Waals surface area (Å²) in [7, 11) is 0. The topological polar surface area (TPSA) is 54.8 Å². The molecule has 0 aliphatic carbocycles. The maximum atomic E-state index is 12.9. The highest BCUT2D eigenvalue weighted by Gasteiger charge is 2.07.